The van der Waals surface area contributed by atoms with Gasteiger partial charge < -0.3 is 10.4 Å². The topological polar surface area (TPSA) is 49.3 Å². The minimum Gasteiger partial charge on any atom is -0.395 e. The van der Waals surface area contributed by atoms with Crippen LogP contribution >= 0.6 is 11.8 Å². The number of rotatable bonds is 2. The van der Waals surface area contributed by atoms with E-state index in [1.54, 1.807) is 11.8 Å². The second-order valence-electron chi connectivity index (χ2n) is 5.25. The van der Waals surface area contributed by atoms with Gasteiger partial charge in [-0.15, -0.1) is 11.8 Å². The van der Waals surface area contributed by atoms with Crippen LogP contribution < -0.4 is 5.32 Å². The van der Waals surface area contributed by atoms with Crippen LogP contribution in [0.2, 0.25) is 0 Å². The van der Waals surface area contributed by atoms with Crippen molar-refractivity contribution in [2.45, 2.75) is 41.7 Å². The third-order valence-corrected chi connectivity index (χ3v) is 5.31. The van der Waals surface area contributed by atoms with Crippen molar-refractivity contribution >= 4 is 23.4 Å². The van der Waals surface area contributed by atoms with Gasteiger partial charge in [-0.1, -0.05) is 12.5 Å². The summed E-state index contributed by atoms with van der Waals surface area (Å²) < 4.78 is 0. The maximum atomic E-state index is 11.7. The minimum absolute atomic E-state index is 0.0288. The first-order valence-electron chi connectivity index (χ1n) is 6.37. The Balaban J connectivity index is 1.96. The molecule has 0 aromatic heterocycles. The van der Waals surface area contributed by atoms with E-state index in [0.717, 1.165) is 29.0 Å². The van der Waals surface area contributed by atoms with Crippen LogP contribution in [0.1, 0.15) is 31.7 Å². The minimum atomic E-state index is -0.0620. The number of benzene rings is 1. The second-order valence-corrected chi connectivity index (χ2v) is 6.63. The molecule has 2 aliphatic rings. The lowest BCUT2D eigenvalue weighted by molar-refractivity contribution is -0.115. The molecular formula is C14H17NO2S. The van der Waals surface area contributed by atoms with Crippen molar-refractivity contribution in [3.05, 3.63) is 23.8 Å². The highest BCUT2D eigenvalue weighted by molar-refractivity contribution is 8.00. The van der Waals surface area contributed by atoms with Crippen LogP contribution in [-0.2, 0) is 10.2 Å². The number of aliphatic hydroxyl groups excluding tert-OH is 1. The van der Waals surface area contributed by atoms with Crippen LogP contribution in [0, 0.1) is 0 Å². The third-order valence-electron chi connectivity index (χ3n) is 4.14. The Morgan fingerprint density at radius 2 is 2.28 bits per heavy atom. The molecule has 1 aliphatic heterocycles. The highest BCUT2D eigenvalue weighted by Crippen LogP contribution is 2.46. The van der Waals surface area contributed by atoms with Crippen LogP contribution in [0.5, 0.6) is 0 Å². The predicted molar refractivity (Wildman–Crippen MR) is 73.0 cm³/mol. The fourth-order valence-electron chi connectivity index (χ4n) is 2.68. The first-order chi connectivity index (χ1) is 8.64. The molecule has 1 saturated carbocycles. The molecule has 3 nitrogen and oxygen atoms in total. The van der Waals surface area contributed by atoms with Crippen LogP contribution in [0.25, 0.3) is 0 Å². The molecule has 96 valence electrons. The molecule has 0 spiro atoms. The zero-order valence-electron chi connectivity index (χ0n) is 10.4. The van der Waals surface area contributed by atoms with Gasteiger partial charge in [0.15, 0.2) is 0 Å². The number of aliphatic hydroxyl groups is 1. The van der Waals surface area contributed by atoms with Crippen LogP contribution in [-0.4, -0.2) is 22.9 Å². The summed E-state index contributed by atoms with van der Waals surface area (Å²) in [5, 5.41) is 12.5. The van der Waals surface area contributed by atoms with Crippen LogP contribution in [0.4, 0.5) is 5.69 Å². The van der Waals surface area contributed by atoms with Gasteiger partial charge in [-0.25, -0.2) is 0 Å². The highest BCUT2D eigenvalue weighted by Gasteiger charge is 2.38. The molecule has 18 heavy (non-hydrogen) atoms. The van der Waals surface area contributed by atoms with E-state index in [0.29, 0.717) is 0 Å². The lowest BCUT2D eigenvalue weighted by atomic mass is 9.65. The number of hydrogen-bond donors (Lipinski definition) is 2. The van der Waals surface area contributed by atoms with E-state index in [1.165, 1.54) is 6.42 Å². The SMILES string of the molecule is CC1Sc2ccc(C3(CO)CCC3)cc2NC1=O. The van der Waals surface area contributed by atoms with Crippen molar-refractivity contribution in [3.8, 4) is 0 Å². The van der Waals surface area contributed by atoms with E-state index in [-0.39, 0.29) is 23.2 Å². The van der Waals surface area contributed by atoms with Gasteiger partial charge >= 0.3 is 0 Å². The van der Waals surface area contributed by atoms with E-state index in [4.69, 9.17) is 0 Å². The molecule has 1 aliphatic carbocycles. The Kier molecular flexibility index (Phi) is 2.87. The summed E-state index contributed by atoms with van der Waals surface area (Å²) in [7, 11) is 0. The molecule has 3 rings (SSSR count). The summed E-state index contributed by atoms with van der Waals surface area (Å²) >= 11 is 1.60. The normalized spacial score (nSPS) is 25.0. The summed E-state index contributed by atoms with van der Waals surface area (Å²) in [6.07, 6.45) is 3.26. The Morgan fingerprint density at radius 1 is 1.50 bits per heavy atom. The summed E-state index contributed by atoms with van der Waals surface area (Å²) in [4.78, 5) is 12.8. The summed E-state index contributed by atoms with van der Waals surface area (Å²) in [6.45, 7) is 2.11. The number of amides is 1. The molecule has 4 heteroatoms. The van der Waals surface area contributed by atoms with Crippen molar-refractivity contribution in [3.63, 3.8) is 0 Å². The average Bonchev–Trinajstić information content (AvgIpc) is 2.30. The number of thioether (sulfide) groups is 1. The molecule has 1 atom stereocenters. The van der Waals surface area contributed by atoms with Gasteiger partial charge in [0.1, 0.15) is 0 Å². The van der Waals surface area contributed by atoms with E-state index in [2.05, 4.69) is 17.4 Å². The van der Waals surface area contributed by atoms with Crippen LogP contribution in [0.3, 0.4) is 0 Å². The largest absolute Gasteiger partial charge is 0.395 e. The molecule has 1 aromatic carbocycles. The molecule has 0 radical (unpaired) electrons. The Labute approximate surface area is 111 Å². The number of carbonyl (C=O) groups excluding carboxylic acids is 1. The molecule has 1 fully saturated rings. The Morgan fingerprint density at radius 3 is 2.89 bits per heavy atom. The number of carbonyl (C=O) groups is 1. The highest BCUT2D eigenvalue weighted by atomic mass is 32.2. The number of fused-ring (bicyclic) bond motifs is 1. The van der Waals surface area contributed by atoms with Gasteiger partial charge in [-0.2, -0.15) is 0 Å². The van der Waals surface area contributed by atoms with Crippen molar-refractivity contribution in [2.24, 2.45) is 0 Å². The lowest BCUT2D eigenvalue weighted by Crippen LogP contribution is -2.38. The van der Waals surface area contributed by atoms with Gasteiger partial charge in [0.05, 0.1) is 17.5 Å². The predicted octanol–water partition coefficient (Wildman–Crippen LogP) is 2.53. The lowest BCUT2D eigenvalue weighted by Gasteiger charge is -2.41. The molecule has 2 N–H and O–H groups in total. The van der Waals surface area contributed by atoms with E-state index in [1.807, 2.05) is 13.0 Å². The van der Waals surface area contributed by atoms with Gasteiger partial charge in [-0.3, -0.25) is 4.79 Å². The van der Waals surface area contributed by atoms with Crippen molar-refractivity contribution in [1.82, 2.24) is 0 Å². The fourth-order valence-corrected chi connectivity index (χ4v) is 3.61. The average molecular weight is 263 g/mol. The first kappa shape index (κ1) is 12.1. The molecule has 1 aromatic rings. The third kappa shape index (κ3) is 1.75. The van der Waals surface area contributed by atoms with Crippen LogP contribution in [0.15, 0.2) is 23.1 Å². The molecule has 0 bridgehead atoms. The zero-order chi connectivity index (χ0) is 12.8. The summed E-state index contributed by atoms with van der Waals surface area (Å²) in [5.74, 6) is 0.0660. The first-order valence-corrected chi connectivity index (χ1v) is 7.25. The molecule has 1 unspecified atom stereocenters. The quantitative estimate of drug-likeness (QED) is 0.862. The zero-order valence-corrected chi connectivity index (χ0v) is 11.2. The van der Waals surface area contributed by atoms with Crippen molar-refractivity contribution in [2.75, 3.05) is 11.9 Å². The van der Waals surface area contributed by atoms with Crippen molar-refractivity contribution < 1.29 is 9.90 Å². The maximum absolute atomic E-state index is 11.7. The van der Waals surface area contributed by atoms with Gasteiger partial charge in [0.2, 0.25) is 5.91 Å². The van der Waals surface area contributed by atoms with E-state index in [9.17, 15) is 9.90 Å². The Hall–Kier alpha value is -1.00. The van der Waals surface area contributed by atoms with Gasteiger partial charge in [0.25, 0.3) is 0 Å². The van der Waals surface area contributed by atoms with E-state index < -0.39 is 0 Å². The molecule has 1 amide bonds. The maximum Gasteiger partial charge on any atom is 0.237 e. The van der Waals surface area contributed by atoms with Crippen molar-refractivity contribution in [1.29, 1.82) is 0 Å². The smallest absolute Gasteiger partial charge is 0.237 e. The fraction of sp³-hybridized carbons (Fsp3) is 0.500. The number of anilines is 1. The number of nitrogens with one attached hydrogen (secondary N) is 1. The van der Waals surface area contributed by atoms with Gasteiger partial charge in [0, 0.05) is 10.3 Å². The van der Waals surface area contributed by atoms with E-state index >= 15 is 0 Å². The molecule has 1 heterocycles. The Bertz CT molecular complexity index is 491. The van der Waals surface area contributed by atoms with Gasteiger partial charge in [-0.05, 0) is 37.5 Å². The molecular weight excluding hydrogens is 246 g/mol. The second kappa shape index (κ2) is 4.28. The summed E-state index contributed by atoms with van der Waals surface area (Å²) in [5.41, 5.74) is 2.00. The monoisotopic (exact) mass is 263 g/mol. The molecule has 0 saturated heterocycles. The summed E-state index contributed by atoms with van der Waals surface area (Å²) in [6, 6.07) is 6.22. The number of hydrogen-bond acceptors (Lipinski definition) is 3. The standard InChI is InChI=1S/C14H17NO2S/c1-9-13(17)15-11-7-10(3-4-12(11)18-9)14(8-16)5-2-6-14/h3-4,7,9,16H,2,5-6,8H2,1H3,(H,15,17).